The second-order valence-corrected chi connectivity index (χ2v) is 4.11. The van der Waals surface area contributed by atoms with Gasteiger partial charge in [0.15, 0.2) is 0 Å². The minimum atomic E-state index is 0.0746. The number of hydrogen-bond donors (Lipinski definition) is 1. The van der Waals surface area contributed by atoms with E-state index in [2.05, 4.69) is 26.8 Å². The van der Waals surface area contributed by atoms with Crippen LogP contribution in [0.2, 0.25) is 0 Å². The molecule has 0 aliphatic heterocycles. The van der Waals surface area contributed by atoms with Gasteiger partial charge >= 0.3 is 0 Å². The molecule has 16 heavy (non-hydrogen) atoms. The number of hydrogen-bond acceptors (Lipinski definition) is 2. The molecule has 0 saturated heterocycles. The van der Waals surface area contributed by atoms with Crippen molar-refractivity contribution in [2.24, 2.45) is 5.73 Å². The summed E-state index contributed by atoms with van der Waals surface area (Å²) in [4.78, 5) is 0. The average Bonchev–Trinajstić information content (AvgIpc) is 2.35. The first-order chi connectivity index (χ1) is 7.72. The topological polar surface area (TPSA) is 35.2 Å². The molecule has 2 heteroatoms. The second-order valence-electron chi connectivity index (χ2n) is 4.11. The monoisotopic (exact) mass is 221 g/mol. The Morgan fingerprint density at radius 3 is 2.25 bits per heavy atom. The maximum atomic E-state index is 6.07. The summed E-state index contributed by atoms with van der Waals surface area (Å²) in [6, 6.07) is 8.18. The van der Waals surface area contributed by atoms with E-state index < -0.39 is 0 Å². The van der Waals surface area contributed by atoms with Gasteiger partial charge in [-0.05, 0) is 25.3 Å². The summed E-state index contributed by atoms with van der Waals surface area (Å²) in [5, 5.41) is 0. The molecule has 1 atom stereocenters. The molecule has 0 radical (unpaired) electrons. The number of para-hydroxylation sites is 1. The van der Waals surface area contributed by atoms with Gasteiger partial charge < -0.3 is 10.5 Å². The lowest BCUT2D eigenvalue weighted by Gasteiger charge is -2.20. The van der Waals surface area contributed by atoms with E-state index in [1.807, 2.05) is 18.2 Å². The molecule has 2 nitrogen and oxygen atoms in total. The molecule has 0 bridgehead atoms. The summed E-state index contributed by atoms with van der Waals surface area (Å²) in [6.07, 6.45) is 3.30. The Morgan fingerprint density at radius 1 is 1.06 bits per heavy atom. The molecule has 0 aliphatic rings. The van der Waals surface area contributed by atoms with Crippen LogP contribution in [-0.4, -0.2) is 6.10 Å². The molecule has 0 heterocycles. The lowest BCUT2D eigenvalue weighted by Crippen LogP contribution is -2.17. The minimum absolute atomic E-state index is 0.0746. The summed E-state index contributed by atoms with van der Waals surface area (Å²) in [6.45, 7) is 6.39. The first-order valence-electron chi connectivity index (χ1n) is 6.24. The third kappa shape index (κ3) is 3.24. The standard InChI is InChI=1S/C14H23NO/c1-4-11(5-2)16-14-10-8-7-9-12(14)13(15)6-3/h7-11,13H,4-6,15H2,1-3H3. The normalized spacial score (nSPS) is 12.8. The van der Waals surface area contributed by atoms with Crippen molar-refractivity contribution in [3.8, 4) is 5.75 Å². The molecule has 0 spiro atoms. The minimum Gasteiger partial charge on any atom is -0.490 e. The molecule has 1 rings (SSSR count). The van der Waals surface area contributed by atoms with Crippen LogP contribution in [0.3, 0.4) is 0 Å². The van der Waals surface area contributed by atoms with Crippen LogP contribution in [-0.2, 0) is 0 Å². The van der Waals surface area contributed by atoms with Gasteiger partial charge in [0.2, 0.25) is 0 Å². The molecule has 0 aliphatic carbocycles. The van der Waals surface area contributed by atoms with Crippen LogP contribution >= 0.6 is 0 Å². The summed E-state index contributed by atoms with van der Waals surface area (Å²) in [7, 11) is 0. The lowest BCUT2D eigenvalue weighted by atomic mass is 10.0. The van der Waals surface area contributed by atoms with Crippen molar-refractivity contribution in [2.45, 2.75) is 52.2 Å². The van der Waals surface area contributed by atoms with Crippen molar-refractivity contribution >= 4 is 0 Å². The Labute approximate surface area is 98.8 Å². The predicted octanol–water partition coefficient (Wildman–Crippen LogP) is 3.66. The molecule has 2 N–H and O–H groups in total. The molecule has 0 aromatic heterocycles. The highest BCUT2D eigenvalue weighted by atomic mass is 16.5. The summed E-state index contributed by atoms with van der Waals surface area (Å²) in [5.74, 6) is 0.950. The van der Waals surface area contributed by atoms with Gasteiger partial charge in [0.1, 0.15) is 5.75 Å². The average molecular weight is 221 g/mol. The van der Waals surface area contributed by atoms with Crippen LogP contribution < -0.4 is 10.5 Å². The first kappa shape index (κ1) is 13.0. The first-order valence-corrected chi connectivity index (χ1v) is 6.24. The Hall–Kier alpha value is -1.02. The molecule has 0 amide bonds. The molecule has 1 aromatic rings. The van der Waals surface area contributed by atoms with Crippen molar-refractivity contribution in [1.29, 1.82) is 0 Å². The van der Waals surface area contributed by atoms with Crippen LogP contribution in [0, 0.1) is 0 Å². The highest BCUT2D eigenvalue weighted by Crippen LogP contribution is 2.27. The van der Waals surface area contributed by atoms with Gasteiger partial charge in [-0.15, -0.1) is 0 Å². The van der Waals surface area contributed by atoms with Crippen LogP contribution in [0.25, 0.3) is 0 Å². The summed E-state index contributed by atoms with van der Waals surface area (Å²) >= 11 is 0. The van der Waals surface area contributed by atoms with E-state index in [1.54, 1.807) is 0 Å². The van der Waals surface area contributed by atoms with Crippen molar-refractivity contribution in [1.82, 2.24) is 0 Å². The predicted molar refractivity (Wildman–Crippen MR) is 68.7 cm³/mol. The van der Waals surface area contributed by atoms with Crippen LogP contribution in [0.1, 0.15) is 51.6 Å². The largest absolute Gasteiger partial charge is 0.490 e. The number of benzene rings is 1. The molecule has 90 valence electrons. The number of rotatable bonds is 6. The fraction of sp³-hybridized carbons (Fsp3) is 0.571. The molecular weight excluding hydrogens is 198 g/mol. The second kappa shape index (κ2) is 6.54. The highest BCUT2D eigenvalue weighted by Gasteiger charge is 2.12. The summed E-state index contributed by atoms with van der Waals surface area (Å²) < 4.78 is 5.99. The Kier molecular flexibility index (Phi) is 5.33. The SMILES string of the molecule is CCC(CC)Oc1ccccc1C(N)CC. The molecule has 0 saturated carbocycles. The van der Waals surface area contributed by atoms with Gasteiger partial charge in [0.05, 0.1) is 6.10 Å². The van der Waals surface area contributed by atoms with Gasteiger partial charge in [-0.25, -0.2) is 0 Å². The molecule has 0 fully saturated rings. The van der Waals surface area contributed by atoms with E-state index in [-0.39, 0.29) is 6.04 Å². The maximum absolute atomic E-state index is 6.07. The van der Waals surface area contributed by atoms with E-state index in [0.29, 0.717) is 6.10 Å². The van der Waals surface area contributed by atoms with E-state index in [0.717, 1.165) is 30.6 Å². The van der Waals surface area contributed by atoms with Crippen LogP contribution in [0.15, 0.2) is 24.3 Å². The third-order valence-electron chi connectivity index (χ3n) is 2.96. The van der Waals surface area contributed by atoms with Crippen molar-refractivity contribution in [3.05, 3.63) is 29.8 Å². The zero-order chi connectivity index (χ0) is 12.0. The zero-order valence-corrected chi connectivity index (χ0v) is 10.6. The number of nitrogens with two attached hydrogens (primary N) is 1. The molecule has 1 unspecified atom stereocenters. The van der Waals surface area contributed by atoms with Crippen LogP contribution in [0.5, 0.6) is 5.75 Å². The van der Waals surface area contributed by atoms with Gasteiger partial charge in [-0.3, -0.25) is 0 Å². The van der Waals surface area contributed by atoms with Crippen LogP contribution in [0.4, 0.5) is 0 Å². The van der Waals surface area contributed by atoms with Gasteiger partial charge in [-0.2, -0.15) is 0 Å². The quantitative estimate of drug-likeness (QED) is 0.795. The van der Waals surface area contributed by atoms with E-state index >= 15 is 0 Å². The maximum Gasteiger partial charge on any atom is 0.124 e. The van der Waals surface area contributed by atoms with E-state index in [1.165, 1.54) is 0 Å². The van der Waals surface area contributed by atoms with Crippen molar-refractivity contribution < 1.29 is 4.74 Å². The third-order valence-corrected chi connectivity index (χ3v) is 2.96. The smallest absolute Gasteiger partial charge is 0.124 e. The van der Waals surface area contributed by atoms with Gasteiger partial charge in [0.25, 0.3) is 0 Å². The van der Waals surface area contributed by atoms with Crippen molar-refractivity contribution in [3.63, 3.8) is 0 Å². The highest BCUT2D eigenvalue weighted by molar-refractivity contribution is 5.35. The van der Waals surface area contributed by atoms with E-state index in [9.17, 15) is 0 Å². The van der Waals surface area contributed by atoms with Gasteiger partial charge in [-0.1, -0.05) is 39.0 Å². The Bertz CT molecular complexity index is 307. The number of ether oxygens (including phenoxy) is 1. The molecule has 1 aromatic carbocycles. The fourth-order valence-corrected chi connectivity index (χ4v) is 1.75. The summed E-state index contributed by atoms with van der Waals surface area (Å²) in [5.41, 5.74) is 7.20. The zero-order valence-electron chi connectivity index (χ0n) is 10.6. The Balaban J connectivity index is 2.86. The molecular formula is C14H23NO. The fourth-order valence-electron chi connectivity index (χ4n) is 1.75. The van der Waals surface area contributed by atoms with Crippen molar-refractivity contribution in [2.75, 3.05) is 0 Å². The lowest BCUT2D eigenvalue weighted by molar-refractivity contribution is 0.190. The van der Waals surface area contributed by atoms with E-state index in [4.69, 9.17) is 10.5 Å². The van der Waals surface area contributed by atoms with Gasteiger partial charge in [0, 0.05) is 11.6 Å². The Morgan fingerprint density at radius 2 is 1.69 bits per heavy atom.